The number of aromatic nitrogens is 3. The number of hydrogen-bond acceptors (Lipinski definition) is 4. The lowest BCUT2D eigenvalue weighted by molar-refractivity contribution is -0.137. The number of carbonyl (C=O) groups is 2. The van der Waals surface area contributed by atoms with Gasteiger partial charge in [0.05, 0.1) is 0 Å². The Morgan fingerprint density at radius 3 is 2.69 bits per heavy atom. The molecule has 26 heavy (non-hydrogen) atoms. The van der Waals surface area contributed by atoms with E-state index in [1.54, 1.807) is 4.90 Å². The largest absolute Gasteiger partial charge is 0.481 e. The van der Waals surface area contributed by atoms with Gasteiger partial charge in [0.15, 0.2) is 5.82 Å². The fourth-order valence-corrected chi connectivity index (χ4v) is 3.95. The molecule has 3 rings (SSSR count). The second-order valence-corrected chi connectivity index (χ2v) is 7.43. The molecule has 3 N–H and O–H groups in total. The predicted molar refractivity (Wildman–Crippen MR) is 96.0 cm³/mol. The van der Waals surface area contributed by atoms with Gasteiger partial charge in [0.25, 0.3) is 0 Å². The van der Waals surface area contributed by atoms with Crippen LogP contribution in [0, 0.1) is 0 Å². The number of nitrogens with one attached hydrogen (secondary N) is 2. The lowest BCUT2D eigenvalue weighted by Gasteiger charge is -2.31. The van der Waals surface area contributed by atoms with Crippen molar-refractivity contribution in [1.29, 1.82) is 0 Å². The van der Waals surface area contributed by atoms with E-state index in [1.807, 2.05) is 0 Å². The summed E-state index contributed by atoms with van der Waals surface area (Å²) in [5.74, 6) is 1.67. The van der Waals surface area contributed by atoms with Gasteiger partial charge in [-0.25, -0.2) is 9.78 Å². The molecule has 8 nitrogen and oxygen atoms in total. The molecule has 2 amide bonds. The van der Waals surface area contributed by atoms with Gasteiger partial charge in [0.2, 0.25) is 0 Å². The van der Waals surface area contributed by atoms with Gasteiger partial charge in [0, 0.05) is 37.9 Å². The van der Waals surface area contributed by atoms with Crippen LogP contribution in [0.1, 0.15) is 81.3 Å². The first-order valence-electron chi connectivity index (χ1n) is 9.80. The van der Waals surface area contributed by atoms with Gasteiger partial charge in [-0.15, -0.1) is 0 Å². The Balaban J connectivity index is 1.50. The molecule has 8 heteroatoms. The lowest BCUT2D eigenvalue weighted by Crippen LogP contribution is -2.45. The van der Waals surface area contributed by atoms with Crippen molar-refractivity contribution in [3.63, 3.8) is 0 Å². The second kappa shape index (κ2) is 9.00. The van der Waals surface area contributed by atoms with E-state index in [4.69, 9.17) is 10.1 Å². The molecular formula is C18H29N5O3. The minimum absolute atomic E-state index is 0.0735. The summed E-state index contributed by atoms with van der Waals surface area (Å²) >= 11 is 0. The van der Waals surface area contributed by atoms with Crippen LogP contribution in [0.25, 0.3) is 0 Å². The smallest absolute Gasteiger partial charge is 0.317 e. The molecule has 1 aliphatic heterocycles. The molecule has 0 radical (unpaired) electrons. The Hall–Kier alpha value is -2.12. The van der Waals surface area contributed by atoms with Crippen molar-refractivity contribution in [2.24, 2.45) is 0 Å². The number of piperidine rings is 1. The zero-order valence-corrected chi connectivity index (χ0v) is 15.2. The number of nitrogens with zero attached hydrogens (tertiary/aromatic N) is 3. The van der Waals surface area contributed by atoms with Gasteiger partial charge < -0.3 is 15.3 Å². The number of carbonyl (C=O) groups excluding carboxylic acids is 1. The molecule has 0 bridgehead atoms. The number of rotatable bonds is 6. The number of H-pyrrole nitrogens is 1. The van der Waals surface area contributed by atoms with Crippen LogP contribution in [0.5, 0.6) is 0 Å². The third kappa shape index (κ3) is 4.95. The molecule has 144 valence electrons. The van der Waals surface area contributed by atoms with E-state index < -0.39 is 5.97 Å². The van der Waals surface area contributed by atoms with Crippen LogP contribution in [-0.2, 0) is 4.79 Å². The molecule has 0 spiro atoms. The fraction of sp³-hybridized carbons (Fsp3) is 0.778. The number of aromatic amines is 1. The van der Waals surface area contributed by atoms with Crippen LogP contribution in [0.4, 0.5) is 4.79 Å². The number of urea groups is 1. The molecule has 1 saturated carbocycles. The standard InChI is InChI=1S/C18H29N5O3/c24-15(25)9-4-10-19-18(26)23-11-5-8-14(12-23)17-20-16(21-22-17)13-6-2-1-3-7-13/h13-14H,1-12H2,(H,19,26)(H,24,25)(H,20,21,22). The van der Waals surface area contributed by atoms with Crippen LogP contribution in [0.2, 0.25) is 0 Å². The highest BCUT2D eigenvalue weighted by Crippen LogP contribution is 2.32. The van der Waals surface area contributed by atoms with E-state index in [0.29, 0.717) is 25.4 Å². The number of amides is 2. The van der Waals surface area contributed by atoms with Crippen LogP contribution in [0.3, 0.4) is 0 Å². The van der Waals surface area contributed by atoms with Crippen molar-refractivity contribution in [1.82, 2.24) is 25.4 Å². The second-order valence-electron chi connectivity index (χ2n) is 7.43. The monoisotopic (exact) mass is 363 g/mol. The van der Waals surface area contributed by atoms with Crippen LogP contribution in [0.15, 0.2) is 0 Å². The number of carboxylic acids is 1. The molecule has 2 aliphatic rings. The van der Waals surface area contributed by atoms with E-state index in [9.17, 15) is 9.59 Å². The fourth-order valence-electron chi connectivity index (χ4n) is 3.95. The van der Waals surface area contributed by atoms with Crippen molar-refractivity contribution in [3.8, 4) is 0 Å². The molecular weight excluding hydrogens is 334 g/mol. The first-order valence-corrected chi connectivity index (χ1v) is 9.80. The number of aliphatic carboxylic acids is 1. The Morgan fingerprint density at radius 1 is 1.15 bits per heavy atom. The summed E-state index contributed by atoms with van der Waals surface area (Å²) in [6.07, 6.45) is 8.66. The van der Waals surface area contributed by atoms with E-state index in [1.165, 1.54) is 32.1 Å². The minimum Gasteiger partial charge on any atom is -0.481 e. The van der Waals surface area contributed by atoms with Crippen molar-refractivity contribution in [2.45, 2.75) is 69.6 Å². The highest BCUT2D eigenvalue weighted by Gasteiger charge is 2.28. The summed E-state index contributed by atoms with van der Waals surface area (Å²) in [4.78, 5) is 29.4. The molecule has 2 fully saturated rings. The van der Waals surface area contributed by atoms with E-state index in [2.05, 4.69) is 15.5 Å². The number of likely N-dealkylation sites (tertiary alicyclic amines) is 1. The maximum Gasteiger partial charge on any atom is 0.317 e. The van der Waals surface area contributed by atoms with Crippen LogP contribution in [-0.4, -0.2) is 56.8 Å². The van der Waals surface area contributed by atoms with Crippen molar-refractivity contribution in [2.75, 3.05) is 19.6 Å². The third-order valence-electron chi connectivity index (χ3n) is 5.43. The van der Waals surface area contributed by atoms with Gasteiger partial charge >= 0.3 is 12.0 Å². The average Bonchev–Trinajstić information content (AvgIpc) is 3.16. The lowest BCUT2D eigenvalue weighted by atomic mass is 9.89. The van der Waals surface area contributed by atoms with Gasteiger partial charge in [-0.2, -0.15) is 5.10 Å². The Bertz CT molecular complexity index is 612. The van der Waals surface area contributed by atoms with Gasteiger partial charge in [0.1, 0.15) is 5.82 Å². The normalized spacial score (nSPS) is 21.5. The van der Waals surface area contributed by atoms with Crippen molar-refractivity contribution in [3.05, 3.63) is 11.6 Å². The highest BCUT2D eigenvalue weighted by molar-refractivity contribution is 5.74. The first kappa shape index (κ1) is 18.7. The van der Waals surface area contributed by atoms with Crippen molar-refractivity contribution >= 4 is 12.0 Å². The third-order valence-corrected chi connectivity index (χ3v) is 5.43. The summed E-state index contributed by atoms with van der Waals surface area (Å²) < 4.78 is 0. The molecule has 1 atom stereocenters. The summed E-state index contributed by atoms with van der Waals surface area (Å²) in [7, 11) is 0. The Kier molecular flexibility index (Phi) is 6.46. The van der Waals surface area contributed by atoms with Gasteiger partial charge in [-0.1, -0.05) is 19.3 Å². The first-order chi connectivity index (χ1) is 12.6. The molecule has 1 saturated heterocycles. The highest BCUT2D eigenvalue weighted by atomic mass is 16.4. The Morgan fingerprint density at radius 2 is 1.92 bits per heavy atom. The van der Waals surface area contributed by atoms with Gasteiger partial charge in [-0.05, 0) is 32.1 Å². The maximum atomic E-state index is 12.3. The zero-order valence-electron chi connectivity index (χ0n) is 15.2. The van der Waals surface area contributed by atoms with Crippen molar-refractivity contribution < 1.29 is 14.7 Å². The zero-order chi connectivity index (χ0) is 18.4. The minimum atomic E-state index is -0.837. The van der Waals surface area contributed by atoms with E-state index in [0.717, 1.165) is 31.0 Å². The van der Waals surface area contributed by atoms with Crippen LogP contribution < -0.4 is 5.32 Å². The molecule has 2 heterocycles. The number of carboxylic acid groups (broad SMARTS) is 1. The SMILES string of the molecule is O=C(O)CCCNC(=O)N1CCCC(c2n[nH]c(C3CCCCC3)n2)C1. The molecule has 0 aromatic carbocycles. The van der Waals surface area contributed by atoms with E-state index >= 15 is 0 Å². The summed E-state index contributed by atoms with van der Waals surface area (Å²) in [5, 5.41) is 19.0. The topological polar surface area (TPSA) is 111 Å². The Labute approximate surface area is 153 Å². The molecule has 1 aliphatic carbocycles. The average molecular weight is 363 g/mol. The molecule has 1 unspecified atom stereocenters. The number of hydrogen-bond donors (Lipinski definition) is 3. The summed E-state index contributed by atoms with van der Waals surface area (Å²) in [6.45, 7) is 1.73. The van der Waals surface area contributed by atoms with Gasteiger partial charge in [-0.3, -0.25) is 9.89 Å². The molecule has 1 aromatic heterocycles. The molecule has 1 aromatic rings. The predicted octanol–water partition coefficient (Wildman–Crippen LogP) is 2.61. The quantitative estimate of drug-likeness (QED) is 0.673. The summed E-state index contributed by atoms with van der Waals surface area (Å²) in [5.41, 5.74) is 0. The van der Waals surface area contributed by atoms with E-state index in [-0.39, 0.29) is 18.4 Å². The van der Waals surface area contributed by atoms with Crippen LogP contribution >= 0.6 is 0 Å². The summed E-state index contributed by atoms with van der Waals surface area (Å²) in [6, 6.07) is -0.122. The maximum absolute atomic E-state index is 12.3.